The molecule has 0 amide bonds. The summed E-state index contributed by atoms with van der Waals surface area (Å²) in [4.78, 5) is 0. The molecule has 0 atom stereocenters. The van der Waals surface area contributed by atoms with Crippen molar-refractivity contribution in [3.05, 3.63) is 187 Å². The Kier molecular flexibility index (Phi) is 2.41. The Morgan fingerprint density at radius 1 is 0.314 bits per heavy atom. The number of fused-ring (bicyclic) bond motifs is 9. The van der Waals surface area contributed by atoms with Crippen molar-refractivity contribution in [2.45, 2.75) is 0 Å². The van der Waals surface area contributed by atoms with Gasteiger partial charge in [-0.2, -0.15) is 0 Å². The molecule has 0 aliphatic heterocycles. The van der Waals surface area contributed by atoms with Crippen molar-refractivity contribution in [3.8, 4) is 28.2 Å². The normalized spacial score (nSPS) is 20.4. The molecule has 0 radical (unpaired) electrons. The van der Waals surface area contributed by atoms with E-state index in [1.807, 2.05) is 0 Å². The molecule has 238 valence electrons. The van der Waals surface area contributed by atoms with Crippen LogP contribution in [0.25, 0.3) is 93.6 Å². The molecule has 0 fully saturated rings. The highest BCUT2D eigenvalue weighted by Gasteiger charge is 2.21. The Morgan fingerprint density at radius 2 is 0.765 bits per heavy atom. The van der Waals surface area contributed by atoms with Gasteiger partial charge in [0.2, 0.25) is 0 Å². The van der Waals surface area contributed by atoms with Crippen molar-refractivity contribution in [1.29, 1.82) is 0 Å². The molecule has 0 unspecified atom stereocenters. The lowest BCUT2D eigenvalue weighted by Gasteiger charge is -2.15. The molecule has 8 aromatic carbocycles. The summed E-state index contributed by atoms with van der Waals surface area (Å²) in [6.07, 6.45) is 0. The molecule has 3 heterocycles. The van der Waals surface area contributed by atoms with Crippen LogP contribution in [0.3, 0.4) is 0 Å². The summed E-state index contributed by atoms with van der Waals surface area (Å²) in [7, 11) is 0. The van der Waals surface area contributed by atoms with Gasteiger partial charge in [-0.1, -0.05) is 133 Å². The highest BCUT2D eigenvalue weighted by Crippen LogP contribution is 2.42. The Hall–Kier alpha value is -6.84. The van der Waals surface area contributed by atoms with Crippen LogP contribution >= 0.6 is 0 Å². The van der Waals surface area contributed by atoms with E-state index in [4.69, 9.17) is 23.3 Å². The predicted molar refractivity (Wildman–Crippen MR) is 215 cm³/mol. The molecule has 11 rings (SSSR count). The minimum atomic E-state index is -1.18. The van der Waals surface area contributed by atoms with Crippen LogP contribution in [0.4, 0.5) is 0 Å². The first-order chi connectivity index (χ1) is 38.2. The zero-order valence-electron chi connectivity index (χ0n) is 56.3. The predicted octanol–water partition coefficient (Wildman–Crippen LogP) is 12.6. The van der Waals surface area contributed by atoms with E-state index in [-0.39, 0.29) is 0 Å². The Bertz CT molecular complexity index is 4830. The Morgan fingerprint density at radius 3 is 1.43 bits per heavy atom. The number of hydrogen-bond donors (Lipinski definition) is 0. The fraction of sp³-hybridized carbons (Fsp3) is 0. The minimum Gasteiger partial charge on any atom is -0.309 e. The van der Waals surface area contributed by atoms with Gasteiger partial charge in [0.1, 0.15) is 0 Å². The van der Waals surface area contributed by atoms with Gasteiger partial charge in [0.15, 0.2) is 0 Å². The van der Waals surface area contributed by atoms with Gasteiger partial charge in [0.05, 0.1) is 87.0 Å². The third kappa shape index (κ3) is 4.00. The highest BCUT2D eigenvalue weighted by molar-refractivity contribution is 6.16. The lowest BCUT2D eigenvalue weighted by molar-refractivity contribution is 1.13. The van der Waals surface area contributed by atoms with E-state index < -0.39 is 281 Å². The molecule has 3 aromatic heterocycles. The molecular weight excluding hydrogens is 619 g/mol. The van der Waals surface area contributed by atoms with Crippen molar-refractivity contribution in [1.82, 2.24) is 13.7 Å². The molecule has 11 aromatic rings. The second-order valence-corrected chi connectivity index (χ2v) is 11.0. The maximum atomic E-state index is 10.3. The van der Waals surface area contributed by atoms with Crippen LogP contribution in [0, 0.1) is 0 Å². The fourth-order valence-electron chi connectivity index (χ4n) is 6.45. The minimum absolute atomic E-state index is 0.546. The van der Waals surface area contributed by atoms with Gasteiger partial charge < -0.3 is 13.7 Å². The van der Waals surface area contributed by atoms with E-state index in [1.165, 1.54) is 0 Å². The van der Waals surface area contributed by atoms with Gasteiger partial charge in [-0.15, -0.1) is 0 Å². The van der Waals surface area contributed by atoms with Crippen molar-refractivity contribution < 1.29 is 42.5 Å². The Balaban J connectivity index is 1.47. The first-order valence-corrected chi connectivity index (χ1v) is 15.0. The van der Waals surface area contributed by atoms with Gasteiger partial charge in [0, 0.05) is 43.6 Å². The lowest BCUT2D eigenvalue weighted by Crippen LogP contribution is -2.01. The molecular formula is C48H31N3. The summed E-state index contributed by atoms with van der Waals surface area (Å²) < 4.78 is 284. The van der Waals surface area contributed by atoms with Crippen LogP contribution < -0.4 is 0 Å². The molecule has 3 heteroatoms. The number of aromatic nitrogens is 3. The average Bonchev–Trinajstić information content (AvgIpc) is 1.66. The molecule has 0 saturated heterocycles. The summed E-state index contributed by atoms with van der Waals surface area (Å²) in [6.45, 7) is 0. The molecule has 0 saturated carbocycles. The van der Waals surface area contributed by atoms with Crippen LogP contribution in [0.2, 0.25) is 0 Å². The Labute approximate surface area is 338 Å². The van der Waals surface area contributed by atoms with Gasteiger partial charge in [-0.05, 0) is 59.9 Å². The van der Waals surface area contributed by atoms with Crippen molar-refractivity contribution in [2.24, 2.45) is 0 Å². The largest absolute Gasteiger partial charge is 0.309 e. The van der Waals surface area contributed by atoms with Gasteiger partial charge in [-0.3, -0.25) is 0 Å². The van der Waals surface area contributed by atoms with Crippen molar-refractivity contribution in [2.75, 3.05) is 0 Å². The maximum Gasteiger partial charge on any atom is 0.0782 e. The fourth-order valence-corrected chi connectivity index (χ4v) is 6.45. The van der Waals surface area contributed by atoms with E-state index >= 15 is 0 Å². The molecule has 51 heavy (non-hydrogen) atoms. The van der Waals surface area contributed by atoms with Gasteiger partial charge in [0.25, 0.3) is 0 Å². The van der Waals surface area contributed by atoms with Crippen LogP contribution in [-0.4, -0.2) is 13.7 Å². The molecule has 0 bridgehead atoms. The average molecular weight is 681 g/mol. The van der Waals surface area contributed by atoms with E-state index in [1.54, 1.807) is 0 Å². The number of nitrogens with zero attached hydrogens (tertiary/aromatic N) is 3. The summed E-state index contributed by atoms with van der Waals surface area (Å²) in [6, 6.07) is -30.6. The SMILES string of the molecule is [2H]c1c([2H])c([2H])c(-c2c([2H])c([2H])c([2H])c([2H])c2-n2c3c([2H])c([2H])c([2H])c([2H])c3c3c([2H])c(-n4c5c([2H])c([2H])c([2H])c([2H])c5c5c([2H])c([2H])c([2H])c(-n6c7c([2H])c([2H])c([2H])c([2H])c7c7c([2H])c([2H])c([2H])c([2H])c76)c54)c([2H])c([2H])c32)c([2H])c1[2H]. The zero-order valence-corrected chi connectivity index (χ0v) is 25.3. The second-order valence-electron chi connectivity index (χ2n) is 11.0. The smallest absolute Gasteiger partial charge is 0.0782 e. The number of benzene rings is 8. The zero-order chi connectivity index (χ0) is 60.4. The van der Waals surface area contributed by atoms with Crippen molar-refractivity contribution in [3.63, 3.8) is 0 Å². The van der Waals surface area contributed by atoms with E-state index in [0.29, 0.717) is 9.13 Å². The molecule has 0 N–H and O–H groups in total. The molecule has 0 aliphatic carbocycles. The van der Waals surface area contributed by atoms with Crippen LogP contribution in [-0.2, 0) is 0 Å². The third-order valence-electron chi connectivity index (χ3n) is 8.46. The second kappa shape index (κ2) is 10.8. The van der Waals surface area contributed by atoms with E-state index in [0.717, 1.165) is 4.57 Å². The summed E-state index contributed by atoms with van der Waals surface area (Å²) in [5.41, 5.74) is -8.82. The number of hydrogen-bond acceptors (Lipinski definition) is 0. The molecule has 0 spiro atoms. The summed E-state index contributed by atoms with van der Waals surface area (Å²) >= 11 is 0. The maximum absolute atomic E-state index is 10.3. The number of para-hydroxylation sites is 6. The summed E-state index contributed by atoms with van der Waals surface area (Å²) in [5.74, 6) is 0. The van der Waals surface area contributed by atoms with Crippen LogP contribution in [0.15, 0.2) is 187 Å². The van der Waals surface area contributed by atoms with E-state index in [9.17, 15) is 19.2 Å². The van der Waals surface area contributed by atoms with Crippen LogP contribution in [0.5, 0.6) is 0 Å². The van der Waals surface area contributed by atoms with Gasteiger partial charge >= 0.3 is 0 Å². The highest BCUT2D eigenvalue weighted by atomic mass is 15.1. The lowest BCUT2D eigenvalue weighted by atomic mass is 10.0. The van der Waals surface area contributed by atoms with Crippen molar-refractivity contribution >= 4 is 65.4 Å². The number of rotatable bonds is 4. The monoisotopic (exact) mass is 680 g/mol. The topological polar surface area (TPSA) is 14.8 Å². The first kappa shape index (κ1) is 11.3. The van der Waals surface area contributed by atoms with E-state index in [2.05, 4.69) is 0 Å². The standard InChI is InChI=1S/C48H31N3/c1-2-15-32(16-3-1)34-17-4-9-23-41(34)50-45-27-13-8-21-38(45)40-31-33(29-30-46(40)50)49-42-24-10-7-20-37(42)39-22-14-28-47(48(39)49)51-43-25-11-5-18-35(43)36-19-6-12-26-44(36)51/h1-31H/i1D,2D,3D,4D,5D,6D,7D,8D,9D,10D,11D,12D,13D,14D,15D,16D,17D,18D,19D,20D,21D,22D,23D,24D,25D,26D,27D,28D,29D,30D,31D. The van der Waals surface area contributed by atoms with Gasteiger partial charge in [-0.25, -0.2) is 0 Å². The van der Waals surface area contributed by atoms with Crippen LogP contribution in [0.1, 0.15) is 42.5 Å². The molecule has 0 aliphatic rings. The molecule has 3 nitrogen and oxygen atoms in total. The third-order valence-corrected chi connectivity index (χ3v) is 8.46. The first-order valence-electron chi connectivity index (χ1n) is 30.5. The summed E-state index contributed by atoms with van der Waals surface area (Å²) in [5, 5.41) is -3.89. The quantitative estimate of drug-likeness (QED) is 0.176.